The molecule has 122 valence electrons. The Balaban J connectivity index is 2.56. The molecule has 3 heteroatoms. The Bertz CT molecular complexity index is 550. The molecule has 1 aromatic rings. The second kappa shape index (κ2) is 6.31. The second-order valence-corrected chi connectivity index (χ2v) is 7.18. The predicted molar refractivity (Wildman–Crippen MR) is 91.5 cm³/mol. The number of methoxy groups -OCH3 is 1. The average Bonchev–Trinajstić information content (AvgIpc) is 2.45. The molecule has 1 heterocycles. The summed E-state index contributed by atoms with van der Waals surface area (Å²) in [4.78, 5) is 14.7. The highest BCUT2D eigenvalue weighted by Crippen LogP contribution is 2.45. The number of benzene rings is 1. The highest BCUT2D eigenvalue weighted by atomic mass is 16.5. The van der Waals surface area contributed by atoms with E-state index in [4.69, 9.17) is 4.74 Å². The summed E-state index contributed by atoms with van der Waals surface area (Å²) in [5.41, 5.74) is 3.76. The maximum Gasteiger partial charge on any atom is 0.328 e. The molecule has 0 amide bonds. The molecule has 0 saturated carbocycles. The van der Waals surface area contributed by atoms with Crippen molar-refractivity contribution in [3.63, 3.8) is 0 Å². The lowest BCUT2D eigenvalue weighted by Crippen LogP contribution is -2.56. The molecule has 3 nitrogen and oxygen atoms in total. The molecule has 0 unspecified atom stereocenters. The maximum atomic E-state index is 12.4. The molecule has 1 aliphatic rings. The summed E-state index contributed by atoms with van der Waals surface area (Å²) >= 11 is 0. The van der Waals surface area contributed by atoms with E-state index in [0.29, 0.717) is 5.92 Å². The zero-order chi connectivity index (χ0) is 16.5. The van der Waals surface area contributed by atoms with E-state index in [9.17, 15) is 4.79 Å². The Kier molecular flexibility index (Phi) is 4.84. The Labute approximate surface area is 134 Å². The zero-order valence-corrected chi connectivity index (χ0v) is 14.8. The number of nitrogens with zero attached hydrogens (tertiary/aromatic N) is 1. The Morgan fingerprint density at radius 3 is 2.73 bits per heavy atom. The van der Waals surface area contributed by atoms with Crippen molar-refractivity contribution in [1.29, 1.82) is 0 Å². The van der Waals surface area contributed by atoms with Gasteiger partial charge in [0.15, 0.2) is 0 Å². The molecule has 0 bridgehead atoms. The Morgan fingerprint density at radius 1 is 1.45 bits per heavy atom. The van der Waals surface area contributed by atoms with Crippen molar-refractivity contribution in [2.24, 2.45) is 0 Å². The SMILES string of the molecule is CCC[C@H](C(=O)OC)N1c2ccc(C)cc2[C@H](C)CC1(C)C. The first kappa shape index (κ1) is 16.9. The van der Waals surface area contributed by atoms with Crippen molar-refractivity contribution < 1.29 is 9.53 Å². The largest absolute Gasteiger partial charge is 0.467 e. The van der Waals surface area contributed by atoms with Crippen LogP contribution in [0, 0.1) is 6.92 Å². The van der Waals surface area contributed by atoms with E-state index >= 15 is 0 Å². The van der Waals surface area contributed by atoms with Crippen molar-refractivity contribution in [2.75, 3.05) is 12.0 Å². The van der Waals surface area contributed by atoms with Crippen LogP contribution < -0.4 is 4.90 Å². The summed E-state index contributed by atoms with van der Waals surface area (Å²) in [6, 6.07) is 6.37. The lowest BCUT2D eigenvalue weighted by Gasteiger charge is -2.50. The zero-order valence-electron chi connectivity index (χ0n) is 14.8. The first-order valence-corrected chi connectivity index (χ1v) is 8.29. The quantitative estimate of drug-likeness (QED) is 0.771. The third-order valence-corrected chi connectivity index (χ3v) is 4.78. The summed E-state index contributed by atoms with van der Waals surface area (Å²) < 4.78 is 5.10. The lowest BCUT2D eigenvalue weighted by molar-refractivity contribution is -0.142. The number of fused-ring (bicyclic) bond motifs is 1. The van der Waals surface area contributed by atoms with Crippen LogP contribution in [0.5, 0.6) is 0 Å². The number of hydrogen-bond donors (Lipinski definition) is 0. The van der Waals surface area contributed by atoms with Gasteiger partial charge in [0.1, 0.15) is 6.04 Å². The van der Waals surface area contributed by atoms with Crippen LogP contribution in [0.1, 0.15) is 64.0 Å². The van der Waals surface area contributed by atoms with Gasteiger partial charge in [-0.15, -0.1) is 0 Å². The molecule has 1 aliphatic heterocycles. The number of aryl methyl sites for hydroxylation is 1. The fraction of sp³-hybridized carbons (Fsp3) is 0.632. The summed E-state index contributed by atoms with van der Waals surface area (Å²) in [7, 11) is 1.49. The van der Waals surface area contributed by atoms with Gasteiger partial charge in [-0.25, -0.2) is 4.79 Å². The van der Waals surface area contributed by atoms with E-state index in [1.165, 1.54) is 23.9 Å². The normalized spacial score (nSPS) is 21.2. The number of hydrogen-bond acceptors (Lipinski definition) is 3. The molecule has 0 N–H and O–H groups in total. The van der Waals surface area contributed by atoms with Gasteiger partial charge in [0.2, 0.25) is 0 Å². The standard InChI is InChI=1S/C19H29NO2/c1-7-8-17(18(21)22-6)20-16-10-9-13(2)11-15(16)14(3)12-19(20,4)5/h9-11,14,17H,7-8,12H2,1-6H3/t14-,17-/m1/s1. The first-order valence-electron chi connectivity index (χ1n) is 8.29. The van der Waals surface area contributed by atoms with E-state index in [-0.39, 0.29) is 17.6 Å². The number of esters is 1. The smallest absolute Gasteiger partial charge is 0.328 e. The third kappa shape index (κ3) is 2.99. The minimum atomic E-state index is -0.209. The molecule has 0 fully saturated rings. The highest BCUT2D eigenvalue weighted by Gasteiger charge is 2.42. The van der Waals surface area contributed by atoms with Crippen LogP contribution in [0.25, 0.3) is 0 Å². The van der Waals surface area contributed by atoms with Gasteiger partial charge in [0.05, 0.1) is 7.11 Å². The Hall–Kier alpha value is -1.51. The van der Waals surface area contributed by atoms with Gasteiger partial charge < -0.3 is 9.64 Å². The van der Waals surface area contributed by atoms with Crippen molar-refractivity contribution in [3.8, 4) is 0 Å². The van der Waals surface area contributed by atoms with Gasteiger partial charge in [-0.2, -0.15) is 0 Å². The summed E-state index contributed by atoms with van der Waals surface area (Å²) in [5, 5.41) is 0. The van der Waals surface area contributed by atoms with Gasteiger partial charge in [-0.1, -0.05) is 38.0 Å². The highest BCUT2D eigenvalue weighted by molar-refractivity contribution is 5.81. The molecule has 22 heavy (non-hydrogen) atoms. The summed E-state index contributed by atoms with van der Waals surface area (Å²) in [5.74, 6) is 0.372. The van der Waals surface area contributed by atoms with Gasteiger partial charge in [0, 0.05) is 11.2 Å². The molecule has 1 aromatic carbocycles. The molecular weight excluding hydrogens is 274 g/mol. The van der Waals surface area contributed by atoms with Crippen molar-refractivity contribution in [3.05, 3.63) is 29.3 Å². The molecular formula is C19H29NO2. The molecule has 0 aliphatic carbocycles. The number of anilines is 1. The number of rotatable bonds is 4. The number of ether oxygens (including phenoxy) is 1. The maximum absolute atomic E-state index is 12.4. The van der Waals surface area contributed by atoms with Crippen LogP contribution in [0.4, 0.5) is 5.69 Å². The summed E-state index contributed by atoms with van der Waals surface area (Å²) in [6.07, 6.45) is 2.82. The van der Waals surface area contributed by atoms with Gasteiger partial charge >= 0.3 is 5.97 Å². The fourth-order valence-corrected chi connectivity index (χ4v) is 3.92. The number of carbonyl (C=O) groups is 1. The van der Waals surface area contributed by atoms with Crippen LogP contribution in [-0.4, -0.2) is 24.7 Å². The molecule has 2 rings (SSSR count). The molecule has 0 saturated heterocycles. The van der Waals surface area contributed by atoms with Crippen LogP contribution in [0.2, 0.25) is 0 Å². The van der Waals surface area contributed by atoms with E-state index < -0.39 is 0 Å². The minimum absolute atomic E-state index is 0.0598. The topological polar surface area (TPSA) is 29.5 Å². The summed E-state index contributed by atoms with van der Waals surface area (Å²) in [6.45, 7) is 11.0. The predicted octanol–water partition coefficient (Wildman–Crippen LogP) is 4.43. The third-order valence-electron chi connectivity index (χ3n) is 4.78. The van der Waals surface area contributed by atoms with E-state index in [0.717, 1.165) is 19.3 Å². The molecule has 0 spiro atoms. The van der Waals surface area contributed by atoms with Crippen LogP contribution in [-0.2, 0) is 9.53 Å². The average molecular weight is 303 g/mol. The second-order valence-electron chi connectivity index (χ2n) is 7.18. The minimum Gasteiger partial charge on any atom is -0.467 e. The van der Waals surface area contributed by atoms with Crippen LogP contribution in [0.15, 0.2) is 18.2 Å². The molecule has 0 aromatic heterocycles. The Morgan fingerprint density at radius 2 is 2.14 bits per heavy atom. The fourth-order valence-electron chi connectivity index (χ4n) is 3.92. The van der Waals surface area contributed by atoms with Crippen LogP contribution in [0.3, 0.4) is 0 Å². The van der Waals surface area contributed by atoms with E-state index in [1.54, 1.807) is 0 Å². The molecule has 0 radical (unpaired) electrons. The van der Waals surface area contributed by atoms with Gasteiger partial charge in [-0.05, 0) is 51.2 Å². The first-order chi connectivity index (χ1) is 10.3. The van der Waals surface area contributed by atoms with Crippen molar-refractivity contribution in [1.82, 2.24) is 0 Å². The van der Waals surface area contributed by atoms with E-state index in [2.05, 4.69) is 57.7 Å². The van der Waals surface area contributed by atoms with Crippen molar-refractivity contribution >= 4 is 11.7 Å². The van der Waals surface area contributed by atoms with Crippen molar-refractivity contribution in [2.45, 2.75) is 71.4 Å². The monoisotopic (exact) mass is 303 g/mol. The van der Waals surface area contributed by atoms with Gasteiger partial charge in [-0.3, -0.25) is 0 Å². The number of carbonyl (C=O) groups excluding carboxylic acids is 1. The lowest BCUT2D eigenvalue weighted by atomic mass is 9.78. The van der Waals surface area contributed by atoms with Gasteiger partial charge in [0.25, 0.3) is 0 Å². The molecule has 2 atom stereocenters. The van der Waals surface area contributed by atoms with E-state index in [1.807, 2.05) is 0 Å². The van der Waals surface area contributed by atoms with Crippen LogP contribution >= 0.6 is 0 Å².